The van der Waals surface area contributed by atoms with Crippen molar-refractivity contribution < 1.29 is 27.4 Å². The third kappa shape index (κ3) is 3.79. The number of alkyl halides is 3. The fraction of sp³-hybridized carbons (Fsp3) is 0.348. The van der Waals surface area contributed by atoms with E-state index < -0.39 is 17.8 Å². The molecule has 1 fully saturated rings. The average molecular weight is 458 g/mol. The zero-order valence-electron chi connectivity index (χ0n) is 17.7. The molecule has 4 heterocycles. The summed E-state index contributed by atoms with van der Waals surface area (Å²) >= 11 is 0. The number of hydrogen-bond acceptors (Lipinski definition) is 6. The monoisotopic (exact) mass is 458 g/mol. The lowest BCUT2D eigenvalue weighted by molar-refractivity contribution is -0.137. The molecule has 2 aromatic heterocycles. The molecular formula is C23H21F3N4O3. The van der Waals surface area contributed by atoms with Crippen LogP contribution in [0.1, 0.15) is 51.8 Å². The predicted molar refractivity (Wildman–Crippen MR) is 113 cm³/mol. The maximum absolute atomic E-state index is 13.5. The molecule has 1 aromatic carbocycles. The predicted octanol–water partition coefficient (Wildman–Crippen LogP) is 4.04. The van der Waals surface area contributed by atoms with Gasteiger partial charge in [0.2, 0.25) is 0 Å². The van der Waals surface area contributed by atoms with E-state index in [0.29, 0.717) is 42.4 Å². The standard InChI is InChI=1S/C23H21F3N4O3/c1-12-20-16(10-33-12)15-8-13(2-4-17(15)29-21(20)27)22(31)30-6-7-32-11-19(30)18-5-3-14(9-28-18)23(24,25)26/h2-5,8-9,12,19H,6-7,10-11H2,1H3,(H2,27,29)/t12-,19-/m1/s1. The van der Waals surface area contributed by atoms with Crippen molar-refractivity contribution in [3.05, 3.63) is 64.5 Å². The van der Waals surface area contributed by atoms with Gasteiger partial charge in [0.05, 0.1) is 48.7 Å². The minimum atomic E-state index is -4.48. The number of amides is 1. The SMILES string of the molecule is C[C@H]1OCc2c1c(N)nc1ccc(C(=O)N3CCOC[C@@H]3c3ccc(C(F)(F)F)cn3)cc21. The molecule has 172 valence electrons. The van der Waals surface area contributed by atoms with Crippen molar-refractivity contribution in [2.24, 2.45) is 0 Å². The number of fused-ring (bicyclic) bond motifs is 3. The summed E-state index contributed by atoms with van der Waals surface area (Å²) in [6.07, 6.45) is -3.87. The molecule has 0 bridgehead atoms. The summed E-state index contributed by atoms with van der Waals surface area (Å²) in [7, 11) is 0. The first-order valence-corrected chi connectivity index (χ1v) is 10.5. The Morgan fingerprint density at radius 1 is 1.24 bits per heavy atom. The molecule has 3 aromatic rings. The number of pyridine rings is 2. The smallest absolute Gasteiger partial charge is 0.383 e. The molecule has 0 unspecified atom stereocenters. The Labute approximate surface area is 187 Å². The van der Waals surface area contributed by atoms with Crippen LogP contribution < -0.4 is 5.73 Å². The highest BCUT2D eigenvalue weighted by Gasteiger charge is 2.34. The number of hydrogen-bond donors (Lipinski definition) is 1. The number of morpholine rings is 1. The van der Waals surface area contributed by atoms with Gasteiger partial charge in [-0.15, -0.1) is 0 Å². The number of ether oxygens (including phenoxy) is 2. The van der Waals surface area contributed by atoms with Crippen LogP contribution in [0.5, 0.6) is 0 Å². The fourth-order valence-corrected chi connectivity index (χ4v) is 4.43. The first kappa shape index (κ1) is 21.6. The number of nitrogen functional groups attached to an aromatic ring is 1. The molecule has 2 aliphatic heterocycles. The lowest BCUT2D eigenvalue weighted by Crippen LogP contribution is -2.43. The number of nitrogens with zero attached hydrogens (tertiary/aromatic N) is 3. The zero-order chi connectivity index (χ0) is 23.3. The number of carbonyl (C=O) groups is 1. The third-order valence-corrected chi connectivity index (χ3v) is 6.14. The van der Waals surface area contributed by atoms with E-state index in [9.17, 15) is 18.0 Å². The largest absolute Gasteiger partial charge is 0.417 e. The van der Waals surface area contributed by atoms with Gasteiger partial charge in [-0.3, -0.25) is 9.78 Å². The number of halogens is 3. The van der Waals surface area contributed by atoms with E-state index in [2.05, 4.69) is 9.97 Å². The minimum Gasteiger partial charge on any atom is -0.383 e. The van der Waals surface area contributed by atoms with Crippen LogP contribution in [0.15, 0.2) is 36.5 Å². The third-order valence-electron chi connectivity index (χ3n) is 6.14. The molecular weight excluding hydrogens is 437 g/mol. The maximum atomic E-state index is 13.5. The highest BCUT2D eigenvalue weighted by atomic mass is 19.4. The number of benzene rings is 1. The lowest BCUT2D eigenvalue weighted by Gasteiger charge is -2.35. The molecule has 0 spiro atoms. The molecule has 5 rings (SSSR count). The van der Waals surface area contributed by atoms with Crippen LogP contribution in [0.2, 0.25) is 0 Å². The molecule has 1 amide bonds. The normalized spacial score (nSPS) is 20.8. The van der Waals surface area contributed by atoms with Crippen molar-refractivity contribution in [1.29, 1.82) is 0 Å². The van der Waals surface area contributed by atoms with Crippen LogP contribution in [0.25, 0.3) is 10.9 Å². The van der Waals surface area contributed by atoms with Gasteiger partial charge in [0.25, 0.3) is 5.91 Å². The van der Waals surface area contributed by atoms with Crippen molar-refractivity contribution in [3.63, 3.8) is 0 Å². The van der Waals surface area contributed by atoms with Gasteiger partial charge in [-0.2, -0.15) is 13.2 Å². The van der Waals surface area contributed by atoms with E-state index in [4.69, 9.17) is 15.2 Å². The first-order valence-electron chi connectivity index (χ1n) is 10.5. The van der Waals surface area contributed by atoms with E-state index in [-0.39, 0.29) is 18.6 Å². The highest BCUT2D eigenvalue weighted by molar-refractivity contribution is 5.99. The quantitative estimate of drug-likeness (QED) is 0.624. The summed E-state index contributed by atoms with van der Waals surface area (Å²) in [5.74, 6) is 0.160. The fourth-order valence-electron chi connectivity index (χ4n) is 4.43. The zero-order valence-corrected chi connectivity index (χ0v) is 17.7. The number of nitrogens with two attached hydrogens (primary N) is 1. The lowest BCUT2D eigenvalue weighted by atomic mass is 9.99. The van der Waals surface area contributed by atoms with E-state index in [1.54, 1.807) is 23.1 Å². The molecule has 2 N–H and O–H groups in total. The van der Waals surface area contributed by atoms with Gasteiger partial charge in [-0.05, 0) is 42.8 Å². The number of rotatable bonds is 2. The summed E-state index contributed by atoms with van der Waals surface area (Å²) in [6.45, 7) is 3.06. The summed E-state index contributed by atoms with van der Waals surface area (Å²) in [5, 5.41) is 0.798. The van der Waals surface area contributed by atoms with Gasteiger partial charge in [-0.25, -0.2) is 4.98 Å². The Morgan fingerprint density at radius 3 is 2.79 bits per heavy atom. The van der Waals surface area contributed by atoms with Crippen LogP contribution >= 0.6 is 0 Å². The molecule has 0 aliphatic carbocycles. The molecule has 2 atom stereocenters. The highest BCUT2D eigenvalue weighted by Crippen LogP contribution is 2.38. The molecule has 2 aliphatic rings. The van der Waals surface area contributed by atoms with Gasteiger partial charge in [0.1, 0.15) is 5.82 Å². The van der Waals surface area contributed by atoms with Crippen molar-refractivity contribution in [2.75, 3.05) is 25.5 Å². The number of carbonyl (C=O) groups excluding carboxylic acids is 1. The summed E-state index contributed by atoms with van der Waals surface area (Å²) in [4.78, 5) is 23.5. The Hall–Kier alpha value is -3.24. The van der Waals surface area contributed by atoms with Crippen LogP contribution in [0.4, 0.5) is 19.0 Å². The van der Waals surface area contributed by atoms with Gasteiger partial charge < -0.3 is 20.1 Å². The molecule has 1 saturated heterocycles. The van der Waals surface area contributed by atoms with Crippen LogP contribution in [0.3, 0.4) is 0 Å². The molecule has 7 nitrogen and oxygen atoms in total. The van der Waals surface area contributed by atoms with E-state index in [1.165, 1.54) is 6.07 Å². The van der Waals surface area contributed by atoms with E-state index in [0.717, 1.165) is 28.8 Å². The second kappa shape index (κ2) is 7.96. The molecule has 33 heavy (non-hydrogen) atoms. The van der Waals surface area contributed by atoms with E-state index in [1.807, 2.05) is 6.92 Å². The number of anilines is 1. The van der Waals surface area contributed by atoms with Crippen LogP contribution in [-0.2, 0) is 22.3 Å². The Balaban J connectivity index is 1.49. The van der Waals surface area contributed by atoms with Crippen LogP contribution in [-0.4, -0.2) is 40.5 Å². The van der Waals surface area contributed by atoms with Gasteiger partial charge in [0, 0.05) is 29.3 Å². The summed E-state index contributed by atoms with van der Waals surface area (Å²) < 4.78 is 50.0. The Kier molecular flexibility index (Phi) is 5.21. The minimum absolute atomic E-state index is 0.149. The van der Waals surface area contributed by atoms with E-state index >= 15 is 0 Å². The topological polar surface area (TPSA) is 90.6 Å². The molecule has 0 saturated carbocycles. The maximum Gasteiger partial charge on any atom is 0.417 e. The summed E-state index contributed by atoms with van der Waals surface area (Å²) in [6, 6.07) is 6.86. The number of aromatic nitrogens is 2. The van der Waals surface area contributed by atoms with Gasteiger partial charge in [-0.1, -0.05) is 0 Å². The molecule has 10 heteroatoms. The summed E-state index contributed by atoms with van der Waals surface area (Å²) in [5.41, 5.74) is 8.47. The second-order valence-corrected chi connectivity index (χ2v) is 8.13. The van der Waals surface area contributed by atoms with Gasteiger partial charge >= 0.3 is 6.18 Å². The van der Waals surface area contributed by atoms with Gasteiger partial charge in [0.15, 0.2) is 0 Å². The van der Waals surface area contributed by atoms with Crippen molar-refractivity contribution >= 4 is 22.6 Å². The van der Waals surface area contributed by atoms with Crippen molar-refractivity contribution in [3.8, 4) is 0 Å². The van der Waals surface area contributed by atoms with Crippen molar-refractivity contribution in [1.82, 2.24) is 14.9 Å². The average Bonchev–Trinajstić information content (AvgIpc) is 3.20. The first-order chi connectivity index (χ1) is 15.7. The second-order valence-electron chi connectivity index (χ2n) is 8.13. The Morgan fingerprint density at radius 2 is 2.06 bits per heavy atom. The Bertz CT molecular complexity index is 1230. The molecule has 0 radical (unpaired) electrons. The van der Waals surface area contributed by atoms with Crippen molar-refractivity contribution in [2.45, 2.75) is 31.9 Å². The van der Waals surface area contributed by atoms with Crippen LogP contribution in [0, 0.1) is 0 Å².